The van der Waals surface area contributed by atoms with Crippen molar-refractivity contribution >= 4 is 28.9 Å². The fourth-order valence-corrected chi connectivity index (χ4v) is 2.52. The van der Waals surface area contributed by atoms with Gasteiger partial charge in [0.2, 0.25) is 0 Å². The molecule has 104 valence electrons. The molecule has 0 aliphatic heterocycles. The van der Waals surface area contributed by atoms with Gasteiger partial charge in [-0.3, -0.25) is 9.59 Å². The molecule has 4 N–H and O–H groups in total. The molecule has 0 radical (unpaired) electrons. The van der Waals surface area contributed by atoms with Crippen LogP contribution in [-0.2, 0) is 0 Å². The van der Waals surface area contributed by atoms with Crippen molar-refractivity contribution in [2.75, 3.05) is 11.5 Å². The van der Waals surface area contributed by atoms with E-state index in [9.17, 15) is 19.5 Å². The summed E-state index contributed by atoms with van der Waals surface area (Å²) in [6, 6.07) is 7.28. The quantitative estimate of drug-likeness (QED) is 0.604. The Balaban J connectivity index is 2.41. The summed E-state index contributed by atoms with van der Waals surface area (Å²) in [7, 11) is 0. The summed E-state index contributed by atoms with van der Waals surface area (Å²) < 4.78 is 0. The zero-order chi connectivity index (χ0) is 15.3. The van der Waals surface area contributed by atoms with Gasteiger partial charge in [-0.2, -0.15) is 0 Å². The summed E-state index contributed by atoms with van der Waals surface area (Å²) in [4.78, 5) is 36.0. The van der Waals surface area contributed by atoms with Crippen LogP contribution >= 0.6 is 0 Å². The maximum atomic E-state index is 12.5. The molecule has 3 rings (SSSR count). The zero-order valence-electron chi connectivity index (χ0n) is 10.7. The van der Waals surface area contributed by atoms with Gasteiger partial charge in [-0.25, -0.2) is 0 Å². The van der Waals surface area contributed by atoms with Gasteiger partial charge in [0.25, 0.3) is 0 Å². The Hall–Kier alpha value is -3.15. The summed E-state index contributed by atoms with van der Waals surface area (Å²) in [5.41, 5.74) is 10.9. The number of nitrogen functional groups attached to an aromatic ring is 2. The van der Waals surface area contributed by atoms with Crippen molar-refractivity contribution in [1.82, 2.24) is 0 Å². The standard InChI is InChI=1S/C15H10N2O4/c16-9-5-8(15(20)21)12(17)11-10(9)13(18)6-3-1-2-4-7(6)14(11)19/h1-5H,16-17H2,(H,20,21)/p-1. The van der Waals surface area contributed by atoms with Crippen LogP contribution in [0.1, 0.15) is 42.2 Å². The highest BCUT2D eigenvalue weighted by atomic mass is 16.4. The summed E-state index contributed by atoms with van der Waals surface area (Å²) in [6.07, 6.45) is 0. The van der Waals surface area contributed by atoms with Crippen molar-refractivity contribution in [3.05, 3.63) is 58.1 Å². The van der Waals surface area contributed by atoms with Gasteiger partial charge in [-0.05, 0) is 6.07 Å². The first-order valence-electron chi connectivity index (χ1n) is 6.05. The number of carboxylic acid groups (broad SMARTS) is 1. The summed E-state index contributed by atoms with van der Waals surface area (Å²) in [5.74, 6) is -2.53. The van der Waals surface area contributed by atoms with Crippen molar-refractivity contribution in [2.24, 2.45) is 0 Å². The zero-order valence-corrected chi connectivity index (χ0v) is 10.7. The number of anilines is 2. The normalized spacial score (nSPS) is 12.8. The van der Waals surface area contributed by atoms with Gasteiger partial charge in [0.1, 0.15) is 0 Å². The molecule has 0 aromatic heterocycles. The largest absolute Gasteiger partial charge is 0.545 e. The first-order valence-corrected chi connectivity index (χ1v) is 6.05. The second kappa shape index (κ2) is 4.17. The van der Waals surface area contributed by atoms with E-state index in [0.717, 1.165) is 6.07 Å². The molecule has 0 unspecified atom stereocenters. The molecule has 6 heteroatoms. The van der Waals surface area contributed by atoms with Gasteiger partial charge in [-0.1, -0.05) is 24.3 Å². The van der Waals surface area contributed by atoms with Gasteiger partial charge >= 0.3 is 0 Å². The van der Waals surface area contributed by atoms with E-state index in [2.05, 4.69) is 0 Å². The third-order valence-corrected chi connectivity index (χ3v) is 3.49. The van der Waals surface area contributed by atoms with Crippen LogP contribution in [0.4, 0.5) is 11.4 Å². The summed E-state index contributed by atoms with van der Waals surface area (Å²) in [5, 5.41) is 11.1. The van der Waals surface area contributed by atoms with Gasteiger partial charge < -0.3 is 21.4 Å². The van der Waals surface area contributed by atoms with E-state index in [1.165, 1.54) is 12.1 Å². The SMILES string of the molecule is Nc1cc(C(=O)[O-])c(N)c2c1C(=O)c1ccccc1C2=O. The van der Waals surface area contributed by atoms with Gasteiger partial charge in [0.05, 0.1) is 22.8 Å². The lowest BCUT2D eigenvalue weighted by Gasteiger charge is -2.22. The second-order valence-electron chi connectivity index (χ2n) is 4.67. The molecule has 0 atom stereocenters. The van der Waals surface area contributed by atoms with Crippen LogP contribution < -0.4 is 16.6 Å². The fourth-order valence-electron chi connectivity index (χ4n) is 2.52. The molecule has 0 bridgehead atoms. The molecule has 0 fully saturated rings. The molecule has 0 saturated carbocycles. The van der Waals surface area contributed by atoms with Crippen LogP contribution in [0.2, 0.25) is 0 Å². The third kappa shape index (κ3) is 1.62. The van der Waals surface area contributed by atoms with E-state index in [-0.39, 0.29) is 33.6 Å². The smallest absolute Gasteiger partial charge is 0.196 e. The Morgan fingerprint density at radius 1 is 0.952 bits per heavy atom. The highest BCUT2D eigenvalue weighted by molar-refractivity contribution is 6.32. The number of hydrogen-bond acceptors (Lipinski definition) is 6. The minimum Gasteiger partial charge on any atom is -0.545 e. The lowest BCUT2D eigenvalue weighted by atomic mass is 9.81. The number of benzene rings is 2. The number of rotatable bonds is 1. The Kier molecular flexibility index (Phi) is 2.56. The Morgan fingerprint density at radius 3 is 2.00 bits per heavy atom. The molecule has 2 aromatic rings. The predicted octanol–water partition coefficient (Wildman–Crippen LogP) is -0.0101. The van der Waals surface area contributed by atoms with Crippen LogP contribution in [0.25, 0.3) is 0 Å². The predicted molar refractivity (Wildman–Crippen MR) is 72.9 cm³/mol. The van der Waals surface area contributed by atoms with Crippen LogP contribution in [0.3, 0.4) is 0 Å². The van der Waals surface area contributed by atoms with Gasteiger partial charge in [0, 0.05) is 22.4 Å². The highest BCUT2D eigenvalue weighted by Crippen LogP contribution is 2.35. The Bertz CT molecular complexity index is 840. The lowest BCUT2D eigenvalue weighted by molar-refractivity contribution is -0.254. The molecule has 21 heavy (non-hydrogen) atoms. The number of aromatic carboxylic acids is 1. The number of carbonyl (C=O) groups is 3. The van der Waals surface area contributed by atoms with E-state index in [0.29, 0.717) is 0 Å². The second-order valence-corrected chi connectivity index (χ2v) is 4.67. The number of carboxylic acids is 1. The molecule has 1 aliphatic rings. The number of carbonyl (C=O) groups excluding carboxylic acids is 3. The maximum absolute atomic E-state index is 12.5. The highest BCUT2D eigenvalue weighted by Gasteiger charge is 2.33. The van der Waals surface area contributed by atoms with Crippen LogP contribution in [0.15, 0.2) is 30.3 Å². The van der Waals surface area contributed by atoms with Crippen LogP contribution in [0.5, 0.6) is 0 Å². The molecule has 0 saturated heterocycles. The van der Waals surface area contributed by atoms with Gasteiger partial charge in [-0.15, -0.1) is 0 Å². The molecule has 0 amide bonds. The molecule has 0 heterocycles. The van der Waals surface area contributed by atoms with Crippen molar-refractivity contribution < 1.29 is 19.5 Å². The van der Waals surface area contributed by atoms with E-state index in [1.54, 1.807) is 12.1 Å². The molecule has 1 aliphatic carbocycles. The van der Waals surface area contributed by atoms with Crippen LogP contribution in [0, 0.1) is 0 Å². The van der Waals surface area contributed by atoms with Crippen molar-refractivity contribution in [2.45, 2.75) is 0 Å². The Labute approximate surface area is 119 Å². The number of nitrogens with two attached hydrogens (primary N) is 2. The van der Waals surface area contributed by atoms with Crippen molar-refractivity contribution in [1.29, 1.82) is 0 Å². The molecular formula is C15H9N2O4-. The average Bonchev–Trinajstić information content (AvgIpc) is 2.46. The topological polar surface area (TPSA) is 126 Å². The van der Waals surface area contributed by atoms with E-state index in [4.69, 9.17) is 11.5 Å². The van der Waals surface area contributed by atoms with Crippen LogP contribution in [-0.4, -0.2) is 17.5 Å². The number of ketones is 2. The molecule has 0 spiro atoms. The van der Waals surface area contributed by atoms with E-state index < -0.39 is 23.1 Å². The van der Waals surface area contributed by atoms with E-state index in [1.807, 2.05) is 0 Å². The number of fused-ring (bicyclic) bond motifs is 2. The molecular weight excluding hydrogens is 272 g/mol. The molecule has 2 aromatic carbocycles. The number of hydrogen-bond donors (Lipinski definition) is 2. The van der Waals surface area contributed by atoms with Crippen molar-refractivity contribution in [3.8, 4) is 0 Å². The third-order valence-electron chi connectivity index (χ3n) is 3.49. The Morgan fingerprint density at radius 2 is 1.48 bits per heavy atom. The lowest BCUT2D eigenvalue weighted by Crippen LogP contribution is -2.29. The minimum absolute atomic E-state index is 0.0544. The van der Waals surface area contributed by atoms with E-state index >= 15 is 0 Å². The first kappa shape index (κ1) is 12.9. The maximum Gasteiger partial charge on any atom is 0.196 e. The summed E-state index contributed by atoms with van der Waals surface area (Å²) in [6.45, 7) is 0. The first-order chi connectivity index (χ1) is 9.93. The van der Waals surface area contributed by atoms with Crippen molar-refractivity contribution in [3.63, 3.8) is 0 Å². The monoisotopic (exact) mass is 281 g/mol. The average molecular weight is 281 g/mol. The minimum atomic E-state index is -1.55. The molecule has 6 nitrogen and oxygen atoms in total. The fraction of sp³-hybridized carbons (Fsp3) is 0. The summed E-state index contributed by atoms with van der Waals surface area (Å²) >= 11 is 0. The van der Waals surface area contributed by atoms with Gasteiger partial charge in [0.15, 0.2) is 11.6 Å².